The van der Waals surface area contributed by atoms with E-state index in [9.17, 15) is 9.59 Å². The molecule has 2 aromatic rings. The van der Waals surface area contributed by atoms with E-state index in [1.807, 2.05) is 18.2 Å². The molecule has 0 radical (unpaired) electrons. The smallest absolute Gasteiger partial charge is 0.309 e. The Bertz CT molecular complexity index is 643. The highest BCUT2D eigenvalue weighted by molar-refractivity contribution is 6.05. The first kappa shape index (κ1) is 14.1. The molecule has 3 N–H and O–H groups in total. The molecule has 0 atom stereocenters. The number of fused-ring (bicyclic) bond motifs is 1. The third-order valence-electron chi connectivity index (χ3n) is 3.45. The lowest BCUT2D eigenvalue weighted by Gasteiger charge is -2.18. The molecule has 0 unspecified atom stereocenters. The quantitative estimate of drug-likeness (QED) is 0.783. The van der Waals surface area contributed by atoms with Crippen LogP contribution in [0.2, 0.25) is 0 Å². The van der Waals surface area contributed by atoms with E-state index in [4.69, 9.17) is 5.11 Å². The van der Waals surface area contributed by atoms with Gasteiger partial charge in [-0.3, -0.25) is 9.59 Å². The molecule has 0 fully saturated rings. The molecule has 1 amide bonds. The molecule has 0 bridgehead atoms. The van der Waals surface area contributed by atoms with Crippen molar-refractivity contribution < 1.29 is 14.7 Å². The summed E-state index contributed by atoms with van der Waals surface area (Å²) in [4.78, 5) is 26.2. The molecule has 0 saturated heterocycles. The van der Waals surface area contributed by atoms with Gasteiger partial charge in [0.05, 0.1) is 16.5 Å². The van der Waals surface area contributed by atoms with Crippen molar-refractivity contribution >= 4 is 22.8 Å². The molecule has 106 valence electrons. The van der Waals surface area contributed by atoms with E-state index in [-0.39, 0.29) is 5.91 Å². The predicted octanol–water partition coefficient (Wildman–Crippen LogP) is 2.40. The van der Waals surface area contributed by atoms with Crippen molar-refractivity contribution in [2.24, 2.45) is 5.41 Å². The summed E-state index contributed by atoms with van der Waals surface area (Å²) in [5.41, 5.74) is 0.522. The fourth-order valence-corrected chi connectivity index (χ4v) is 1.96. The van der Waals surface area contributed by atoms with E-state index in [1.165, 1.54) is 0 Å². The number of amides is 1. The molecule has 0 aliphatic carbocycles. The van der Waals surface area contributed by atoms with Crippen LogP contribution in [0, 0.1) is 5.41 Å². The van der Waals surface area contributed by atoms with Gasteiger partial charge in [0.1, 0.15) is 0 Å². The summed E-state index contributed by atoms with van der Waals surface area (Å²) < 4.78 is 0. The SMILES string of the molecule is CC(C)(CCNC(=O)c1cccc2cc[nH]c12)C(=O)O. The number of H-pyrrole nitrogens is 1. The van der Waals surface area contributed by atoms with E-state index in [2.05, 4.69) is 10.3 Å². The van der Waals surface area contributed by atoms with Crippen LogP contribution in [0.1, 0.15) is 30.6 Å². The van der Waals surface area contributed by atoms with Crippen LogP contribution in [0.15, 0.2) is 30.5 Å². The van der Waals surface area contributed by atoms with Gasteiger partial charge < -0.3 is 15.4 Å². The number of aliphatic carboxylic acids is 1. The number of aromatic nitrogens is 1. The van der Waals surface area contributed by atoms with Crippen molar-refractivity contribution in [3.8, 4) is 0 Å². The summed E-state index contributed by atoms with van der Waals surface area (Å²) in [6, 6.07) is 7.40. The second kappa shape index (κ2) is 5.36. The maximum absolute atomic E-state index is 12.1. The van der Waals surface area contributed by atoms with E-state index >= 15 is 0 Å². The molecule has 0 spiro atoms. The number of rotatable bonds is 5. The number of carboxylic acid groups (broad SMARTS) is 1. The average Bonchev–Trinajstić information content (AvgIpc) is 2.86. The summed E-state index contributed by atoms with van der Waals surface area (Å²) in [5, 5.41) is 12.8. The Morgan fingerprint density at radius 1 is 1.30 bits per heavy atom. The molecular weight excluding hydrogens is 256 g/mol. The standard InChI is InChI=1S/C15H18N2O3/c1-15(2,14(19)20)7-9-17-13(18)11-5-3-4-10-6-8-16-12(10)11/h3-6,8,16H,7,9H2,1-2H3,(H,17,18)(H,19,20). The Labute approximate surface area is 117 Å². The number of para-hydroxylation sites is 1. The number of carbonyl (C=O) groups excluding carboxylic acids is 1. The van der Waals surface area contributed by atoms with E-state index in [1.54, 1.807) is 26.1 Å². The topological polar surface area (TPSA) is 82.2 Å². The van der Waals surface area contributed by atoms with Gasteiger partial charge in [0, 0.05) is 18.1 Å². The zero-order valence-corrected chi connectivity index (χ0v) is 11.6. The average molecular weight is 274 g/mol. The molecule has 2 rings (SSSR count). The largest absolute Gasteiger partial charge is 0.481 e. The Morgan fingerprint density at radius 3 is 2.75 bits per heavy atom. The first-order chi connectivity index (χ1) is 9.42. The first-order valence-electron chi connectivity index (χ1n) is 6.49. The minimum absolute atomic E-state index is 0.195. The number of aromatic amines is 1. The second-order valence-electron chi connectivity index (χ2n) is 5.44. The number of hydrogen-bond donors (Lipinski definition) is 3. The van der Waals surface area contributed by atoms with Crippen molar-refractivity contribution in [1.29, 1.82) is 0 Å². The molecule has 0 aliphatic rings. The molecular formula is C15H18N2O3. The highest BCUT2D eigenvalue weighted by Gasteiger charge is 2.26. The van der Waals surface area contributed by atoms with Crippen LogP contribution in [-0.4, -0.2) is 28.5 Å². The van der Waals surface area contributed by atoms with Gasteiger partial charge in [-0.2, -0.15) is 0 Å². The van der Waals surface area contributed by atoms with Crippen LogP contribution in [0.4, 0.5) is 0 Å². The zero-order valence-electron chi connectivity index (χ0n) is 11.6. The first-order valence-corrected chi connectivity index (χ1v) is 6.49. The third kappa shape index (κ3) is 2.82. The zero-order chi connectivity index (χ0) is 14.8. The summed E-state index contributed by atoms with van der Waals surface area (Å²) in [6.45, 7) is 3.62. The normalized spacial score (nSPS) is 11.5. The summed E-state index contributed by atoms with van der Waals surface area (Å²) in [5.74, 6) is -1.06. The fraction of sp³-hybridized carbons (Fsp3) is 0.333. The monoisotopic (exact) mass is 274 g/mol. The van der Waals surface area contributed by atoms with Crippen molar-refractivity contribution in [2.45, 2.75) is 20.3 Å². The minimum Gasteiger partial charge on any atom is -0.481 e. The Kier molecular flexibility index (Phi) is 3.79. The van der Waals surface area contributed by atoms with Gasteiger partial charge >= 0.3 is 5.97 Å². The highest BCUT2D eigenvalue weighted by atomic mass is 16.4. The number of hydrogen-bond acceptors (Lipinski definition) is 2. The van der Waals surface area contributed by atoms with Crippen molar-refractivity contribution in [3.05, 3.63) is 36.0 Å². The lowest BCUT2D eigenvalue weighted by atomic mass is 9.89. The van der Waals surface area contributed by atoms with Crippen LogP contribution < -0.4 is 5.32 Å². The number of carboxylic acids is 1. The van der Waals surface area contributed by atoms with Gasteiger partial charge in [-0.05, 0) is 32.4 Å². The summed E-state index contributed by atoms with van der Waals surface area (Å²) >= 11 is 0. The summed E-state index contributed by atoms with van der Waals surface area (Å²) in [7, 11) is 0. The molecule has 5 heteroatoms. The molecule has 0 aliphatic heterocycles. The molecule has 1 aromatic heterocycles. The van der Waals surface area contributed by atoms with E-state index < -0.39 is 11.4 Å². The van der Waals surface area contributed by atoms with Crippen LogP contribution in [-0.2, 0) is 4.79 Å². The van der Waals surface area contributed by atoms with Gasteiger partial charge in [0.25, 0.3) is 5.91 Å². The van der Waals surface area contributed by atoms with Crippen LogP contribution in [0.25, 0.3) is 10.9 Å². The number of benzene rings is 1. The molecule has 5 nitrogen and oxygen atoms in total. The Balaban J connectivity index is 2.03. The Hall–Kier alpha value is -2.30. The minimum atomic E-state index is -0.863. The van der Waals surface area contributed by atoms with Gasteiger partial charge in [-0.1, -0.05) is 12.1 Å². The lowest BCUT2D eigenvalue weighted by Crippen LogP contribution is -2.32. The lowest BCUT2D eigenvalue weighted by molar-refractivity contribution is -0.147. The molecule has 20 heavy (non-hydrogen) atoms. The van der Waals surface area contributed by atoms with Gasteiger partial charge in [0.15, 0.2) is 0 Å². The van der Waals surface area contributed by atoms with Crippen molar-refractivity contribution in [3.63, 3.8) is 0 Å². The van der Waals surface area contributed by atoms with E-state index in [0.717, 1.165) is 10.9 Å². The third-order valence-corrected chi connectivity index (χ3v) is 3.45. The van der Waals surface area contributed by atoms with Gasteiger partial charge in [-0.25, -0.2) is 0 Å². The fourth-order valence-electron chi connectivity index (χ4n) is 1.96. The van der Waals surface area contributed by atoms with E-state index in [0.29, 0.717) is 18.5 Å². The number of nitrogens with one attached hydrogen (secondary N) is 2. The summed E-state index contributed by atoms with van der Waals surface area (Å²) in [6.07, 6.45) is 2.17. The van der Waals surface area contributed by atoms with Gasteiger partial charge in [0.2, 0.25) is 0 Å². The van der Waals surface area contributed by atoms with Crippen LogP contribution in [0.5, 0.6) is 0 Å². The predicted molar refractivity (Wildman–Crippen MR) is 76.7 cm³/mol. The van der Waals surface area contributed by atoms with Crippen LogP contribution >= 0.6 is 0 Å². The number of carbonyl (C=O) groups is 2. The molecule has 1 heterocycles. The maximum atomic E-state index is 12.1. The molecule has 1 aromatic carbocycles. The van der Waals surface area contributed by atoms with Crippen molar-refractivity contribution in [2.75, 3.05) is 6.54 Å². The Morgan fingerprint density at radius 2 is 2.05 bits per heavy atom. The highest BCUT2D eigenvalue weighted by Crippen LogP contribution is 2.20. The van der Waals surface area contributed by atoms with Gasteiger partial charge in [-0.15, -0.1) is 0 Å². The van der Waals surface area contributed by atoms with Crippen molar-refractivity contribution in [1.82, 2.24) is 10.3 Å². The molecule has 0 saturated carbocycles. The second-order valence-corrected chi connectivity index (χ2v) is 5.44. The van der Waals surface area contributed by atoms with Crippen LogP contribution in [0.3, 0.4) is 0 Å². The maximum Gasteiger partial charge on any atom is 0.309 e.